The third-order valence-electron chi connectivity index (χ3n) is 7.67. The molecule has 0 saturated heterocycles. The molecule has 1 aliphatic heterocycles. The first-order chi connectivity index (χ1) is 17.5. The molecule has 0 saturated carbocycles. The van der Waals surface area contributed by atoms with Crippen molar-refractivity contribution in [3.63, 3.8) is 0 Å². The molecule has 0 aliphatic carbocycles. The molecule has 36 heavy (non-hydrogen) atoms. The summed E-state index contributed by atoms with van der Waals surface area (Å²) in [6.07, 6.45) is 4.29. The van der Waals surface area contributed by atoms with Crippen LogP contribution in [0, 0.1) is 6.92 Å². The standard InChI is InChI=1S/C33H34O3/c1-22(27-16-9-12-24-11-4-5-14-28(24)27)10-8-13-26-21-31(29-15-6-7-17-32(29)36-26)25-19-18-23(2)30(20-25)33(34)35-3/h4-7,9,11-12,14-20,22,26,31H,8,10,13,21H2,1-3H3/t22-,26-,31-/m0/s1. The number of para-hydroxylation sites is 1. The normalized spacial score (nSPS) is 17.8. The predicted octanol–water partition coefficient (Wildman–Crippen LogP) is 8.19. The minimum absolute atomic E-state index is 0.146. The van der Waals surface area contributed by atoms with Gasteiger partial charge in [0.2, 0.25) is 0 Å². The maximum atomic E-state index is 12.3. The van der Waals surface area contributed by atoms with Crippen LogP contribution in [0.1, 0.15) is 77.1 Å². The minimum Gasteiger partial charge on any atom is -0.490 e. The third kappa shape index (κ3) is 4.88. The summed E-state index contributed by atoms with van der Waals surface area (Å²) in [5.74, 6) is 1.36. The summed E-state index contributed by atoms with van der Waals surface area (Å²) in [5.41, 5.74) is 5.34. The van der Waals surface area contributed by atoms with Gasteiger partial charge in [0.25, 0.3) is 0 Å². The molecule has 0 N–H and O–H groups in total. The van der Waals surface area contributed by atoms with Crippen LogP contribution in [0.5, 0.6) is 5.75 Å². The number of ether oxygens (including phenoxy) is 2. The van der Waals surface area contributed by atoms with Gasteiger partial charge in [-0.15, -0.1) is 0 Å². The van der Waals surface area contributed by atoms with E-state index in [1.807, 2.05) is 25.1 Å². The highest BCUT2D eigenvalue weighted by molar-refractivity contribution is 5.91. The fourth-order valence-electron chi connectivity index (χ4n) is 5.66. The number of rotatable bonds is 7. The molecule has 1 aliphatic rings. The van der Waals surface area contributed by atoms with Crippen LogP contribution in [0.15, 0.2) is 84.9 Å². The first-order valence-electron chi connectivity index (χ1n) is 13.0. The summed E-state index contributed by atoms with van der Waals surface area (Å²) < 4.78 is 11.5. The largest absolute Gasteiger partial charge is 0.490 e. The monoisotopic (exact) mass is 478 g/mol. The average Bonchev–Trinajstić information content (AvgIpc) is 2.92. The number of benzene rings is 4. The Morgan fingerprint density at radius 2 is 1.78 bits per heavy atom. The molecule has 0 unspecified atom stereocenters. The van der Waals surface area contributed by atoms with Crippen LogP contribution in [0.25, 0.3) is 10.8 Å². The highest BCUT2D eigenvalue weighted by Crippen LogP contribution is 2.42. The van der Waals surface area contributed by atoms with E-state index in [0.29, 0.717) is 11.5 Å². The highest BCUT2D eigenvalue weighted by atomic mass is 16.5. The van der Waals surface area contributed by atoms with Crippen LogP contribution >= 0.6 is 0 Å². The van der Waals surface area contributed by atoms with Gasteiger partial charge < -0.3 is 9.47 Å². The van der Waals surface area contributed by atoms with E-state index in [0.717, 1.165) is 42.6 Å². The summed E-state index contributed by atoms with van der Waals surface area (Å²) >= 11 is 0. The van der Waals surface area contributed by atoms with Gasteiger partial charge in [-0.2, -0.15) is 0 Å². The van der Waals surface area contributed by atoms with Crippen molar-refractivity contribution in [2.75, 3.05) is 7.11 Å². The summed E-state index contributed by atoms with van der Waals surface area (Å²) in [6, 6.07) is 29.8. The van der Waals surface area contributed by atoms with E-state index >= 15 is 0 Å². The van der Waals surface area contributed by atoms with Gasteiger partial charge in [-0.25, -0.2) is 4.79 Å². The topological polar surface area (TPSA) is 35.5 Å². The van der Waals surface area contributed by atoms with Gasteiger partial charge in [0, 0.05) is 11.5 Å². The van der Waals surface area contributed by atoms with Crippen molar-refractivity contribution >= 4 is 16.7 Å². The van der Waals surface area contributed by atoms with Crippen LogP contribution in [0.2, 0.25) is 0 Å². The van der Waals surface area contributed by atoms with Gasteiger partial charge in [0.1, 0.15) is 5.75 Å². The number of hydrogen-bond acceptors (Lipinski definition) is 3. The van der Waals surface area contributed by atoms with Crippen molar-refractivity contribution in [1.82, 2.24) is 0 Å². The lowest BCUT2D eigenvalue weighted by Crippen LogP contribution is -2.26. The van der Waals surface area contributed by atoms with Crippen LogP contribution in [0.3, 0.4) is 0 Å². The number of carbonyl (C=O) groups excluding carboxylic acids is 1. The lowest BCUT2D eigenvalue weighted by molar-refractivity contribution is 0.0599. The second-order valence-electron chi connectivity index (χ2n) is 10.0. The third-order valence-corrected chi connectivity index (χ3v) is 7.67. The van der Waals surface area contributed by atoms with Crippen LogP contribution in [-0.2, 0) is 4.74 Å². The molecule has 0 aromatic heterocycles. The zero-order valence-electron chi connectivity index (χ0n) is 21.4. The second-order valence-corrected chi connectivity index (χ2v) is 10.0. The van der Waals surface area contributed by atoms with Gasteiger partial charge in [-0.05, 0) is 78.1 Å². The average molecular weight is 479 g/mol. The van der Waals surface area contributed by atoms with Crippen molar-refractivity contribution in [3.8, 4) is 5.75 Å². The summed E-state index contributed by atoms with van der Waals surface area (Å²) in [4.78, 5) is 12.3. The number of esters is 1. The minimum atomic E-state index is -0.284. The number of fused-ring (bicyclic) bond motifs is 2. The van der Waals surface area contributed by atoms with Crippen LogP contribution < -0.4 is 4.74 Å². The van der Waals surface area contributed by atoms with Crippen LogP contribution in [0.4, 0.5) is 0 Å². The van der Waals surface area contributed by atoms with Crippen molar-refractivity contribution in [1.29, 1.82) is 0 Å². The molecular weight excluding hydrogens is 444 g/mol. The molecule has 0 spiro atoms. The first-order valence-corrected chi connectivity index (χ1v) is 13.0. The van der Waals surface area contributed by atoms with Crippen molar-refractivity contribution < 1.29 is 14.3 Å². The van der Waals surface area contributed by atoms with Gasteiger partial charge >= 0.3 is 5.97 Å². The molecule has 0 radical (unpaired) electrons. The Morgan fingerprint density at radius 1 is 1.00 bits per heavy atom. The van der Waals surface area contributed by atoms with Crippen LogP contribution in [-0.4, -0.2) is 19.2 Å². The lowest BCUT2D eigenvalue weighted by atomic mass is 9.82. The Hall–Kier alpha value is -3.59. The van der Waals surface area contributed by atoms with E-state index in [9.17, 15) is 4.79 Å². The smallest absolute Gasteiger partial charge is 0.338 e. The Bertz CT molecular complexity index is 1370. The van der Waals surface area contributed by atoms with Gasteiger partial charge in [0.15, 0.2) is 0 Å². The van der Waals surface area contributed by atoms with E-state index in [1.165, 1.54) is 29.0 Å². The molecule has 0 fully saturated rings. The SMILES string of the molecule is COC(=O)c1cc([C@@H]2C[C@H](CCC[C@H](C)c3cccc4ccccc34)Oc3ccccc32)ccc1C. The number of carbonyl (C=O) groups is 1. The first kappa shape index (κ1) is 24.1. The molecule has 1 heterocycles. The molecular formula is C33H34O3. The van der Waals surface area contributed by atoms with E-state index in [-0.39, 0.29) is 18.0 Å². The predicted molar refractivity (Wildman–Crippen MR) is 146 cm³/mol. The number of hydrogen-bond donors (Lipinski definition) is 0. The van der Waals surface area contributed by atoms with Gasteiger partial charge in [-0.3, -0.25) is 0 Å². The van der Waals surface area contributed by atoms with E-state index in [4.69, 9.17) is 9.47 Å². The number of methoxy groups -OCH3 is 1. The maximum Gasteiger partial charge on any atom is 0.338 e. The Morgan fingerprint density at radius 3 is 2.64 bits per heavy atom. The second kappa shape index (κ2) is 10.6. The fraction of sp³-hybridized carbons (Fsp3) is 0.303. The van der Waals surface area contributed by atoms with Crippen molar-refractivity contribution in [3.05, 3.63) is 113 Å². The summed E-state index contributed by atoms with van der Waals surface area (Å²) in [6.45, 7) is 4.29. The van der Waals surface area contributed by atoms with E-state index < -0.39 is 0 Å². The molecule has 0 bridgehead atoms. The zero-order valence-corrected chi connectivity index (χ0v) is 21.4. The molecule has 5 rings (SSSR count). The molecule has 0 amide bonds. The number of aryl methyl sites for hydroxylation is 1. The molecule has 4 aromatic carbocycles. The molecule has 3 nitrogen and oxygen atoms in total. The highest BCUT2D eigenvalue weighted by Gasteiger charge is 2.30. The lowest BCUT2D eigenvalue weighted by Gasteiger charge is -2.33. The van der Waals surface area contributed by atoms with Gasteiger partial charge in [0.05, 0.1) is 18.8 Å². The quantitative estimate of drug-likeness (QED) is 0.251. The maximum absolute atomic E-state index is 12.3. The Kier molecular flexibility index (Phi) is 7.09. The molecule has 3 heteroatoms. The Balaban J connectivity index is 1.32. The van der Waals surface area contributed by atoms with Crippen molar-refractivity contribution in [2.24, 2.45) is 0 Å². The molecule has 3 atom stereocenters. The molecule has 4 aromatic rings. The van der Waals surface area contributed by atoms with E-state index in [2.05, 4.69) is 73.7 Å². The van der Waals surface area contributed by atoms with Gasteiger partial charge in [-0.1, -0.05) is 79.7 Å². The van der Waals surface area contributed by atoms with Crippen molar-refractivity contribution in [2.45, 2.75) is 57.5 Å². The molecule has 184 valence electrons. The zero-order chi connectivity index (χ0) is 25.1. The fourth-order valence-corrected chi connectivity index (χ4v) is 5.66. The van der Waals surface area contributed by atoms with E-state index in [1.54, 1.807) is 0 Å². The summed E-state index contributed by atoms with van der Waals surface area (Å²) in [5, 5.41) is 2.66. The Labute approximate surface area is 214 Å². The summed E-state index contributed by atoms with van der Waals surface area (Å²) in [7, 11) is 1.44.